The highest BCUT2D eigenvalue weighted by atomic mass is 16.5. The number of ether oxygens (including phenoxy) is 1. The molecule has 0 bridgehead atoms. The fourth-order valence-electron chi connectivity index (χ4n) is 2.87. The average Bonchev–Trinajstić information content (AvgIpc) is 2.88. The van der Waals surface area contributed by atoms with Gasteiger partial charge in [-0.1, -0.05) is 24.3 Å². The first-order chi connectivity index (χ1) is 12.8. The number of benzene rings is 2. The number of methoxy groups -OCH3 is 1. The van der Waals surface area contributed by atoms with E-state index in [1.54, 1.807) is 43.3 Å². The van der Waals surface area contributed by atoms with E-state index >= 15 is 0 Å². The SMILES string of the molecule is COc1ccc(C2(C)NC(=O)N(CC(=O)Nc3ccccc3O)C2=O)cc1. The van der Waals surface area contributed by atoms with Crippen LogP contribution in [0.25, 0.3) is 0 Å². The van der Waals surface area contributed by atoms with Crippen LogP contribution in [0.4, 0.5) is 10.5 Å². The van der Waals surface area contributed by atoms with Crippen LogP contribution < -0.4 is 15.4 Å². The molecule has 27 heavy (non-hydrogen) atoms. The number of imide groups is 1. The quantitative estimate of drug-likeness (QED) is 0.550. The number of nitrogens with one attached hydrogen (secondary N) is 2. The van der Waals surface area contributed by atoms with E-state index < -0.39 is 29.9 Å². The predicted molar refractivity (Wildman–Crippen MR) is 97.3 cm³/mol. The molecule has 3 rings (SSSR count). The number of aromatic hydroxyl groups is 1. The van der Waals surface area contributed by atoms with Gasteiger partial charge in [0.15, 0.2) is 0 Å². The number of para-hydroxylation sites is 2. The number of hydrogen-bond donors (Lipinski definition) is 3. The molecular weight excluding hydrogens is 350 g/mol. The third-order valence-corrected chi connectivity index (χ3v) is 4.42. The second kappa shape index (κ2) is 6.99. The molecule has 2 aromatic carbocycles. The van der Waals surface area contributed by atoms with Gasteiger partial charge in [0, 0.05) is 0 Å². The van der Waals surface area contributed by atoms with Crippen molar-refractivity contribution in [2.75, 3.05) is 19.0 Å². The van der Waals surface area contributed by atoms with Gasteiger partial charge < -0.3 is 20.5 Å². The number of carbonyl (C=O) groups is 3. The predicted octanol–water partition coefficient (Wildman–Crippen LogP) is 1.81. The third-order valence-electron chi connectivity index (χ3n) is 4.42. The van der Waals surface area contributed by atoms with Crippen LogP contribution in [0.2, 0.25) is 0 Å². The molecule has 1 atom stereocenters. The summed E-state index contributed by atoms with van der Waals surface area (Å²) in [5.74, 6) is -0.617. The van der Waals surface area contributed by atoms with Gasteiger partial charge in [0.2, 0.25) is 5.91 Å². The Bertz CT molecular complexity index is 896. The molecule has 0 spiro atoms. The number of amides is 4. The molecule has 1 aliphatic heterocycles. The van der Waals surface area contributed by atoms with Gasteiger partial charge in [0.05, 0.1) is 12.8 Å². The number of phenolic OH excluding ortho intramolecular Hbond substituents is 1. The van der Waals surface area contributed by atoms with Crippen LogP contribution >= 0.6 is 0 Å². The molecule has 0 saturated carbocycles. The maximum absolute atomic E-state index is 12.8. The molecule has 4 amide bonds. The van der Waals surface area contributed by atoms with Gasteiger partial charge in [-0.25, -0.2) is 4.79 Å². The van der Waals surface area contributed by atoms with Crippen molar-refractivity contribution in [2.24, 2.45) is 0 Å². The number of phenols is 1. The summed E-state index contributed by atoms with van der Waals surface area (Å²) in [4.78, 5) is 38.2. The Morgan fingerprint density at radius 2 is 1.85 bits per heavy atom. The van der Waals surface area contributed by atoms with Gasteiger partial charge in [0.1, 0.15) is 23.6 Å². The highest BCUT2D eigenvalue weighted by Crippen LogP contribution is 2.30. The van der Waals surface area contributed by atoms with E-state index in [2.05, 4.69) is 10.6 Å². The highest BCUT2D eigenvalue weighted by molar-refractivity contribution is 6.10. The number of nitrogens with zero attached hydrogens (tertiary/aromatic N) is 1. The van der Waals surface area contributed by atoms with Gasteiger partial charge in [0.25, 0.3) is 5.91 Å². The Hall–Kier alpha value is -3.55. The second-order valence-corrected chi connectivity index (χ2v) is 6.24. The van der Waals surface area contributed by atoms with Crippen molar-refractivity contribution in [1.82, 2.24) is 10.2 Å². The van der Waals surface area contributed by atoms with E-state index in [1.165, 1.54) is 19.2 Å². The van der Waals surface area contributed by atoms with Crippen molar-refractivity contribution in [3.63, 3.8) is 0 Å². The maximum atomic E-state index is 12.8. The lowest BCUT2D eigenvalue weighted by Crippen LogP contribution is -2.42. The van der Waals surface area contributed by atoms with Gasteiger partial charge in [-0.15, -0.1) is 0 Å². The third kappa shape index (κ3) is 3.41. The van der Waals surface area contributed by atoms with Crippen molar-refractivity contribution in [1.29, 1.82) is 0 Å². The number of anilines is 1. The van der Waals surface area contributed by atoms with Gasteiger partial charge >= 0.3 is 6.03 Å². The standard InChI is InChI=1S/C19H19N3O5/c1-19(12-7-9-13(27-2)10-8-12)17(25)22(18(26)21-19)11-16(24)20-14-5-3-4-6-15(14)23/h3-10,23H,11H2,1-2H3,(H,20,24)(H,21,26). The van der Waals surface area contributed by atoms with Crippen LogP contribution in [0.5, 0.6) is 11.5 Å². The first kappa shape index (κ1) is 18.2. The summed E-state index contributed by atoms with van der Waals surface area (Å²) in [7, 11) is 1.53. The van der Waals surface area contributed by atoms with Crippen molar-refractivity contribution < 1.29 is 24.2 Å². The fourth-order valence-corrected chi connectivity index (χ4v) is 2.87. The Labute approximate surface area is 155 Å². The molecule has 1 unspecified atom stereocenters. The maximum Gasteiger partial charge on any atom is 0.325 e. The molecule has 1 fully saturated rings. The van der Waals surface area contributed by atoms with Gasteiger partial charge in [-0.3, -0.25) is 14.5 Å². The monoisotopic (exact) mass is 369 g/mol. The lowest BCUT2D eigenvalue weighted by molar-refractivity contribution is -0.133. The molecule has 1 aliphatic rings. The molecule has 1 heterocycles. The van der Waals surface area contributed by atoms with E-state index in [1.807, 2.05) is 0 Å². The summed E-state index contributed by atoms with van der Waals surface area (Å²) in [5, 5.41) is 14.8. The van der Waals surface area contributed by atoms with Crippen molar-refractivity contribution >= 4 is 23.5 Å². The Kier molecular flexibility index (Phi) is 4.72. The molecule has 3 N–H and O–H groups in total. The van der Waals surface area contributed by atoms with E-state index in [0.717, 1.165) is 4.90 Å². The topological polar surface area (TPSA) is 108 Å². The van der Waals surface area contributed by atoms with Crippen LogP contribution in [-0.4, -0.2) is 41.5 Å². The van der Waals surface area contributed by atoms with Crippen LogP contribution in [0, 0.1) is 0 Å². The van der Waals surface area contributed by atoms with Crippen LogP contribution in [-0.2, 0) is 15.1 Å². The number of carbonyl (C=O) groups excluding carboxylic acids is 3. The van der Waals surface area contributed by atoms with Crippen molar-refractivity contribution in [2.45, 2.75) is 12.5 Å². The minimum Gasteiger partial charge on any atom is -0.506 e. The first-order valence-corrected chi connectivity index (χ1v) is 8.21. The zero-order valence-corrected chi connectivity index (χ0v) is 14.9. The number of rotatable bonds is 5. The van der Waals surface area contributed by atoms with Crippen LogP contribution in [0.1, 0.15) is 12.5 Å². The number of hydrogen-bond acceptors (Lipinski definition) is 5. The summed E-state index contributed by atoms with van der Waals surface area (Å²) in [6, 6.07) is 12.3. The summed E-state index contributed by atoms with van der Waals surface area (Å²) >= 11 is 0. The Morgan fingerprint density at radius 1 is 1.19 bits per heavy atom. The molecule has 8 nitrogen and oxygen atoms in total. The largest absolute Gasteiger partial charge is 0.506 e. The van der Waals surface area contributed by atoms with E-state index in [0.29, 0.717) is 11.3 Å². The molecule has 1 saturated heterocycles. The normalized spacial score (nSPS) is 19.0. The first-order valence-electron chi connectivity index (χ1n) is 8.21. The summed E-state index contributed by atoms with van der Waals surface area (Å²) < 4.78 is 5.10. The smallest absolute Gasteiger partial charge is 0.325 e. The minimum absolute atomic E-state index is 0.105. The van der Waals surface area contributed by atoms with E-state index in [9.17, 15) is 19.5 Å². The molecule has 0 aliphatic carbocycles. The molecular formula is C19H19N3O5. The molecule has 0 aromatic heterocycles. The van der Waals surface area contributed by atoms with Crippen molar-refractivity contribution in [3.8, 4) is 11.5 Å². The molecule has 0 radical (unpaired) electrons. The van der Waals surface area contributed by atoms with E-state index in [4.69, 9.17) is 4.74 Å². The number of urea groups is 1. The van der Waals surface area contributed by atoms with Gasteiger partial charge in [-0.05, 0) is 36.8 Å². The summed E-state index contributed by atoms with van der Waals surface area (Å²) in [6.45, 7) is 1.11. The zero-order valence-electron chi connectivity index (χ0n) is 14.9. The minimum atomic E-state index is -1.28. The van der Waals surface area contributed by atoms with Gasteiger partial charge in [-0.2, -0.15) is 0 Å². The average molecular weight is 369 g/mol. The molecule has 140 valence electrons. The van der Waals surface area contributed by atoms with Crippen LogP contribution in [0.3, 0.4) is 0 Å². The lowest BCUT2D eigenvalue weighted by Gasteiger charge is -2.22. The molecule has 8 heteroatoms. The van der Waals surface area contributed by atoms with Crippen LogP contribution in [0.15, 0.2) is 48.5 Å². The zero-order chi connectivity index (χ0) is 19.6. The molecule has 2 aromatic rings. The summed E-state index contributed by atoms with van der Waals surface area (Å²) in [5.41, 5.74) is -0.504. The fraction of sp³-hybridized carbons (Fsp3) is 0.211. The Morgan fingerprint density at radius 3 is 2.48 bits per heavy atom. The summed E-state index contributed by atoms with van der Waals surface area (Å²) in [6.07, 6.45) is 0. The second-order valence-electron chi connectivity index (χ2n) is 6.24. The highest BCUT2D eigenvalue weighted by Gasteiger charge is 2.49. The van der Waals surface area contributed by atoms with Crippen molar-refractivity contribution in [3.05, 3.63) is 54.1 Å². The Balaban J connectivity index is 1.75. The van der Waals surface area contributed by atoms with E-state index in [-0.39, 0.29) is 11.4 Å². The lowest BCUT2D eigenvalue weighted by atomic mass is 9.92.